The third kappa shape index (κ3) is 5.78. The average Bonchev–Trinajstić information content (AvgIpc) is 3.16. The Balaban J connectivity index is 0.00000160. The second-order valence-electron chi connectivity index (χ2n) is 7.51. The number of anilines is 1. The van der Waals surface area contributed by atoms with Crippen LogP contribution in [0.4, 0.5) is 5.69 Å². The molecular formula is C25H28Cl2N2Ti. The van der Waals surface area contributed by atoms with E-state index in [9.17, 15) is 0 Å². The molecule has 30 heavy (non-hydrogen) atoms. The number of hydrogen-bond acceptors (Lipinski definition) is 2. The molecule has 0 heterocycles. The molecule has 1 N–H and O–H groups in total. The van der Waals surface area contributed by atoms with Gasteiger partial charge in [-0.25, -0.2) is 0 Å². The van der Waals surface area contributed by atoms with E-state index in [1.54, 1.807) is 0 Å². The largest absolute Gasteiger partial charge is 0.147 e. The molecule has 0 aliphatic heterocycles. The molecule has 0 fully saturated rings. The van der Waals surface area contributed by atoms with Crippen molar-refractivity contribution in [3.63, 3.8) is 0 Å². The quantitative estimate of drug-likeness (QED) is 0.389. The Morgan fingerprint density at radius 2 is 1.63 bits per heavy atom. The number of nitrogens with zero attached hydrogens (tertiary/aromatic N) is 1. The van der Waals surface area contributed by atoms with Crippen LogP contribution in [-0.2, 0) is 24.1 Å². The van der Waals surface area contributed by atoms with Crippen molar-refractivity contribution < 1.29 is 19.4 Å². The van der Waals surface area contributed by atoms with Crippen molar-refractivity contribution in [2.45, 2.75) is 11.1 Å². The molecule has 0 atom stereocenters. The van der Waals surface area contributed by atoms with E-state index in [0.717, 1.165) is 17.7 Å². The van der Waals surface area contributed by atoms with Crippen LogP contribution in [0.2, 0.25) is 0 Å². The van der Waals surface area contributed by atoms with E-state index in [1.165, 1.54) is 38.7 Å². The summed E-state index contributed by atoms with van der Waals surface area (Å²) in [7, 11) is 4.29. The normalized spacial score (nSPS) is 12.6. The molecule has 0 spiro atoms. The molecule has 0 saturated carbocycles. The summed E-state index contributed by atoms with van der Waals surface area (Å²) in [4.78, 5) is 2.26. The molecule has 1 aliphatic carbocycles. The van der Waals surface area contributed by atoms with Gasteiger partial charge in [-0.3, -0.25) is 0 Å². The zero-order valence-electron chi connectivity index (χ0n) is 17.4. The molecule has 156 valence electrons. The Kier molecular flexibility index (Phi) is 9.67. The van der Waals surface area contributed by atoms with Crippen molar-refractivity contribution in [3.8, 4) is 0 Å². The molecule has 1 aliphatic rings. The van der Waals surface area contributed by atoms with Crippen LogP contribution in [0.15, 0.2) is 84.5 Å². The van der Waals surface area contributed by atoms with Gasteiger partial charge in [0.1, 0.15) is 0 Å². The van der Waals surface area contributed by atoms with Gasteiger partial charge >= 0.3 is 178 Å². The molecule has 0 amide bonds. The third-order valence-corrected chi connectivity index (χ3v) is 6.71. The number of hydrogen-bond donors (Lipinski definition) is 1. The zero-order chi connectivity index (χ0) is 19.3. The maximum absolute atomic E-state index is 3.70. The third-order valence-electron chi connectivity index (χ3n) is 5.15. The Bertz CT molecular complexity index is 1030. The smallest absolute Gasteiger partial charge is 0.147 e. The van der Waals surface area contributed by atoms with E-state index in [2.05, 4.69) is 102 Å². The van der Waals surface area contributed by atoms with Gasteiger partial charge in [0, 0.05) is 0 Å². The number of para-hydroxylation sites is 1. The first-order chi connectivity index (χ1) is 13.7. The van der Waals surface area contributed by atoms with Crippen LogP contribution >= 0.6 is 24.8 Å². The fourth-order valence-corrected chi connectivity index (χ4v) is 5.48. The molecule has 0 aromatic heterocycles. The second kappa shape index (κ2) is 11.7. The molecule has 5 heteroatoms. The minimum absolute atomic E-state index is 0. The van der Waals surface area contributed by atoms with Crippen LogP contribution in [0.25, 0.3) is 16.3 Å². The predicted octanol–water partition coefficient (Wildman–Crippen LogP) is 6.57. The van der Waals surface area contributed by atoms with Crippen molar-refractivity contribution in [1.29, 1.82) is 0 Å². The van der Waals surface area contributed by atoms with Gasteiger partial charge in [0.25, 0.3) is 0 Å². The van der Waals surface area contributed by atoms with Crippen LogP contribution in [0.5, 0.6) is 0 Å². The standard InChI is InChI=1S/C19H20N.C6H6N.2ClH.Ti/c1-14-17-9-5-4-7-15(17)11-12-18(14)19-10-6-8-16(19)13-20(2)3;7-6-4-2-1-3-5-6;;;/h4-9,11-12H,1,10,13H2,2-3H3;1-5,7H;2*1H;/q;-1;;;+1. The summed E-state index contributed by atoms with van der Waals surface area (Å²) in [5.74, 6) is 0. The van der Waals surface area contributed by atoms with E-state index in [0.29, 0.717) is 0 Å². The summed E-state index contributed by atoms with van der Waals surface area (Å²) in [6, 6.07) is 24.0. The maximum Gasteiger partial charge on any atom is -0.147 e. The summed E-state index contributed by atoms with van der Waals surface area (Å²) < 4.78 is 4.83. The van der Waals surface area contributed by atoms with E-state index >= 15 is 0 Å². The molecule has 4 rings (SSSR count). The number of nitrogens with one attached hydrogen (secondary N) is 1. The van der Waals surface area contributed by atoms with Gasteiger partial charge in [-0.15, -0.1) is 24.8 Å². The molecule has 3 aromatic carbocycles. The minimum Gasteiger partial charge on any atom is -0.147 e. The van der Waals surface area contributed by atoms with Crippen LogP contribution in [0, 0.1) is 0 Å². The Hall–Kier alpha value is -1.55. The van der Waals surface area contributed by atoms with E-state index in [-0.39, 0.29) is 44.2 Å². The first-order valence-electron chi connectivity index (χ1n) is 9.80. The van der Waals surface area contributed by atoms with Crippen molar-refractivity contribution >= 4 is 46.8 Å². The molecule has 3 aromatic rings. The van der Waals surface area contributed by atoms with Gasteiger partial charge in [-0.05, 0) is 0 Å². The van der Waals surface area contributed by atoms with E-state index in [4.69, 9.17) is 0 Å². The first-order valence-corrected chi connectivity index (χ1v) is 11.7. The van der Waals surface area contributed by atoms with E-state index < -0.39 is 0 Å². The number of benzene rings is 3. The van der Waals surface area contributed by atoms with Crippen molar-refractivity contribution in [1.82, 2.24) is 4.90 Å². The molecule has 0 saturated heterocycles. The number of rotatable bonds is 7. The van der Waals surface area contributed by atoms with Gasteiger partial charge in [0.2, 0.25) is 0 Å². The fourth-order valence-electron chi connectivity index (χ4n) is 3.89. The van der Waals surface area contributed by atoms with Gasteiger partial charge < -0.3 is 0 Å². The fraction of sp³-hybridized carbons (Fsp3) is 0.200. The summed E-state index contributed by atoms with van der Waals surface area (Å²) in [6.45, 7) is 0.997. The molecule has 0 unspecified atom stereocenters. The van der Waals surface area contributed by atoms with Gasteiger partial charge in [-0.2, -0.15) is 0 Å². The van der Waals surface area contributed by atoms with Crippen LogP contribution in [0.3, 0.4) is 0 Å². The Morgan fingerprint density at radius 3 is 2.40 bits per heavy atom. The number of likely N-dealkylation sites (N-methyl/N-ethyl adjacent to an activating group) is 1. The van der Waals surface area contributed by atoms with E-state index in [1.807, 2.05) is 0 Å². The molecule has 2 nitrogen and oxygen atoms in total. The van der Waals surface area contributed by atoms with Crippen molar-refractivity contribution in [2.24, 2.45) is 0 Å². The molecule has 0 bridgehead atoms. The van der Waals surface area contributed by atoms with Gasteiger partial charge in [0.15, 0.2) is 0 Å². The second-order valence-corrected chi connectivity index (χ2v) is 9.00. The van der Waals surface area contributed by atoms with Gasteiger partial charge in [-0.1, -0.05) is 0 Å². The number of allylic oxidation sites excluding steroid dienone is 2. The summed E-state index contributed by atoms with van der Waals surface area (Å²) in [5.41, 5.74) is 7.15. The molecular weight excluding hydrogens is 447 g/mol. The zero-order valence-corrected chi connectivity index (χ0v) is 20.6. The topological polar surface area (TPSA) is 15.3 Å². The molecule has 0 radical (unpaired) electrons. The number of fused-ring (bicyclic) bond motifs is 1. The monoisotopic (exact) mass is 474 g/mol. The summed E-state index contributed by atoms with van der Waals surface area (Å²) in [5, 5.41) is 2.75. The van der Waals surface area contributed by atoms with Crippen LogP contribution in [-0.4, -0.2) is 25.5 Å². The summed E-state index contributed by atoms with van der Waals surface area (Å²) in [6.07, 6.45) is 5.67. The summed E-state index contributed by atoms with van der Waals surface area (Å²) >= 11 is -0.325. The maximum atomic E-state index is 3.70. The number of halogens is 2. The van der Waals surface area contributed by atoms with Crippen LogP contribution < -0.4 is 3.80 Å². The van der Waals surface area contributed by atoms with Crippen molar-refractivity contribution in [2.75, 3.05) is 24.4 Å². The van der Waals surface area contributed by atoms with Gasteiger partial charge in [0.05, 0.1) is 0 Å². The van der Waals surface area contributed by atoms with Crippen molar-refractivity contribution in [3.05, 3.63) is 95.6 Å². The Morgan fingerprint density at radius 1 is 0.900 bits per heavy atom. The van der Waals surface area contributed by atoms with Crippen LogP contribution in [0.1, 0.15) is 17.5 Å². The predicted molar refractivity (Wildman–Crippen MR) is 131 cm³/mol. The SMILES string of the molecule is CN(C)CC1=C(c2ccc3ccccc3c2[CH2][Ti][NH]c2ccccc2)CC=C1.Cl.Cl. The minimum atomic E-state index is -0.325. The Labute approximate surface area is 201 Å². The average molecular weight is 475 g/mol. The first kappa shape index (κ1) is 24.7.